The van der Waals surface area contributed by atoms with Gasteiger partial charge in [-0.3, -0.25) is 4.79 Å². The summed E-state index contributed by atoms with van der Waals surface area (Å²) in [6.45, 7) is 4.05. The number of thiophene rings is 1. The second-order valence-corrected chi connectivity index (χ2v) is 8.13. The number of anilines is 1. The van der Waals surface area contributed by atoms with E-state index in [1.54, 1.807) is 20.1 Å². The molecule has 2 rings (SSSR count). The molecule has 1 aliphatic rings. The average Bonchev–Trinajstić information content (AvgIpc) is 3.14. The van der Waals surface area contributed by atoms with Gasteiger partial charge in [0.05, 0.1) is 18.9 Å². The van der Waals surface area contributed by atoms with Crippen LogP contribution in [-0.2, 0) is 14.3 Å². The van der Waals surface area contributed by atoms with Gasteiger partial charge in [-0.05, 0) is 45.1 Å². The van der Waals surface area contributed by atoms with Crippen molar-refractivity contribution in [1.82, 2.24) is 0 Å². The zero-order chi connectivity index (χ0) is 21.6. The molecule has 29 heavy (non-hydrogen) atoms. The predicted octanol–water partition coefficient (Wildman–Crippen LogP) is 5.30. The zero-order valence-electron chi connectivity index (χ0n) is 17.4. The van der Waals surface area contributed by atoms with Gasteiger partial charge in [-0.25, -0.2) is 13.6 Å². The summed E-state index contributed by atoms with van der Waals surface area (Å²) >= 11 is 0.976. The van der Waals surface area contributed by atoms with E-state index in [0.29, 0.717) is 30.0 Å². The van der Waals surface area contributed by atoms with E-state index >= 15 is 0 Å². The summed E-state index contributed by atoms with van der Waals surface area (Å²) in [6, 6.07) is 1.55. The van der Waals surface area contributed by atoms with Gasteiger partial charge in [0.15, 0.2) is 0 Å². The molecule has 0 aromatic carbocycles. The number of halogens is 2. The average molecular weight is 430 g/mol. The molecule has 1 aromatic rings. The molecule has 0 saturated heterocycles. The fourth-order valence-electron chi connectivity index (χ4n) is 3.35. The molecule has 0 bridgehead atoms. The first-order valence-corrected chi connectivity index (χ1v) is 10.7. The molecule has 2 atom stereocenters. The van der Waals surface area contributed by atoms with Gasteiger partial charge in [0, 0.05) is 30.5 Å². The van der Waals surface area contributed by atoms with E-state index in [9.17, 15) is 18.4 Å². The summed E-state index contributed by atoms with van der Waals surface area (Å²) in [5.74, 6) is -1.28. The minimum Gasteiger partial charge on any atom is -0.465 e. The third-order valence-corrected chi connectivity index (χ3v) is 6.23. The third kappa shape index (κ3) is 5.63. The molecule has 0 N–H and O–H groups in total. The topological polar surface area (TPSA) is 55.8 Å². The molecule has 162 valence electrons. The number of carbonyl (C=O) groups excluding carboxylic acids is 2. The predicted molar refractivity (Wildman–Crippen MR) is 111 cm³/mol. The van der Waals surface area contributed by atoms with Crippen LogP contribution < -0.4 is 4.90 Å². The summed E-state index contributed by atoms with van der Waals surface area (Å²) in [5.41, 5.74) is 0.349. The van der Waals surface area contributed by atoms with Crippen molar-refractivity contribution in [2.45, 2.75) is 64.6 Å². The number of amides is 1. The maximum Gasteiger partial charge on any atom is 0.350 e. The van der Waals surface area contributed by atoms with Crippen LogP contribution in [0.25, 0.3) is 5.57 Å². The number of alkyl halides is 1. The van der Waals surface area contributed by atoms with Crippen LogP contribution in [-0.4, -0.2) is 44.9 Å². The summed E-state index contributed by atoms with van der Waals surface area (Å²) in [5, 5.41) is 0. The Morgan fingerprint density at radius 1 is 1.38 bits per heavy atom. The van der Waals surface area contributed by atoms with E-state index in [0.717, 1.165) is 17.8 Å². The van der Waals surface area contributed by atoms with Crippen LogP contribution in [0.4, 0.5) is 14.5 Å². The molecule has 0 radical (unpaired) electrons. The van der Waals surface area contributed by atoms with Crippen molar-refractivity contribution in [2.24, 2.45) is 0 Å². The van der Waals surface area contributed by atoms with Gasteiger partial charge in [-0.1, -0.05) is 6.92 Å². The largest absolute Gasteiger partial charge is 0.465 e. The third-order valence-electron chi connectivity index (χ3n) is 5.10. The first kappa shape index (κ1) is 23.5. The van der Waals surface area contributed by atoms with Crippen LogP contribution >= 0.6 is 11.3 Å². The smallest absolute Gasteiger partial charge is 0.350 e. The van der Waals surface area contributed by atoms with Gasteiger partial charge in [0.25, 0.3) is 0 Å². The van der Waals surface area contributed by atoms with Crippen molar-refractivity contribution in [3.8, 4) is 0 Å². The Morgan fingerprint density at radius 2 is 2.10 bits per heavy atom. The molecular formula is C21H29F2NO4S. The number of ether oxygens (including phenoxy) is 2. The number of rotatable bonds is 9. The second kappa shape index (κ2) is 10.8. The Morgan fingerprint density at radius 3 is 2.69 bits per heavy atom. The fraction of sp³-hybridized carbons (Fsp3) is 0.619. The lowest BCUT2D eigenvalue weighted by molar-refractivity contribution is -0.118. The van der Waals surface area contributed by atoms with Crippen molar-refractivity contribution in [3.63, 3.8) is 0 Å². The lowest BCUT2D eigenvalue weighted by Crippen LogP contribution is -2.32. The first-order valence-electron chi connectivity index (χ1n) is 9.92. The number of allylic oxidation sites excluding steroid dienone is 2. The van der Waals surface area contributed by atoms with Gasteiger partial charge < -0.3 is 14.4 Å². The molecule has 0 aliphatic heterocycles. The summed E-state index contributed by atoms with van der Waals surface area (Å²) in [6.07, 6.45) is 1.15. The van der Waals surface area contributed by atoms with E-state index in [1.165, 1.54) is 12.0 Å². The highest BCUT2D eigenvalue weighted by Crippen LogP contribution is 2.42. The maximum atomic E-state index is 14.5. The van der Waals surface area contributed by atoms with E-state index in [4.69, 9.17) is 9.47 Å². The first-order chi connectivity index (χ1) is 13.8. The summed E-state index contributed by atoms with van der Waals surface area (Å²) < 4.78 is 39.0. The Bertz CT molecular complexity index is 762. The number of esters is 1. The van der Waals surface area contributed by atoms with E-state index < -0.39 is 18.0 Å². The number of hydrogen-bond acceptors (Lipinski definition) is 5. The van der Waals surface area contributed by atoms with Gasteiger partial charge in [0.2, 0.25) is 5.91 Å². The molecule has 8 heteroatoms. The van der Waals surface area contributed by atoms with Crippen LogP contribution in [0.5, 0.6) is 0 Å². The zero-order valence-corrected chi connectivity index (χ0v) is 18.2. The standard InChI is InChI=1S/C21H29F2NO4S/c1-5-18(25)24(11-7-8-13(2)27-3)16-12-17(29-20(16)21(26)28-4)19-14(22)9-6-10-15(19)23/h12-14H,5-11H2,1-4H3. The number of nitrogens with zero attached hydrogens (tertiary/aromatic N) is 1. The van der Waals surface area contributed by atoms with Crippen molar-refractivity contribution < 1.29 is 27.8 Å². The van der Waals surface area contributed by atoms with Gasteiger partial charge in [0.1, 0.15) is 16.9 Å². The van der Waals surface area contributed by atoms with Gasteiger partial charge >= 0.3 is 5.97 Å². The van der Waals surface area contributed by atoms with Gasteiger partial charge in [-0.15, -0.1) is 11.3 Å². The molecule has 0 fully saturated rings. The maximum absolute atomic E-state index is 14.5. The summed E-state index contributed by atoms with van der Waals surface area (Å²) in [4.78, 5) is 27.0. The van der Waals surface area contributed by atoms with Crippen molar-refractivity contribution in [3.05, 3.63) is 21.6 Å². The Labute approximate surface area is 174 Å². The van der Waals surface area contributed by atoms with Crippen LogP contribution in [0.3, 0.4) is 0 Å². The molecule has 1 aromatic heterocycles. The van der Waals surface area contributed by atoms with E-state index in [1.807, 2.05) is 6.92 Å². The number of hydrogen-bond donors (Lipinski definition) is 0. The lowest BCUT2D eigenvalue weighted by Gasteiger charge is -2.23. The molecule has 5 nitrogen and oxygen atoms in total. The molecule has 1 heterocycles. The minimum atomic E-state index is -1.42. The van der Waals surface area contributed by atoms with E-state index in [-0.39, 0.29) is 41.7 Å². The summed E-state index contributed by atoms with van der Waals surface area (Å²) in [7, 11) is 2.87. The SMILES string of the molecule is CCC(=O)N(CCCC(C)OC)c1cc(C2=C(F)CCCC2F)sc1C(=O)OC. The highest BCUT2D eigenvalue weighted by atomic mass is 32.1. The molecule has 0 spiro atoms. The normalized spacial score (nSPS) is 17.9. The number of carbonyl (C=O) groups is 2. The highest BCUT2D eigenvalue weighted by Gasteiger charge is 2.30. The Balaban J connectivity index is 2.44. The Hall–Kier alpha value is -1.80. The molecule has 0 saturated carbocycles. The highest BCUT2D eigenvalue weighted by molar-refractivity contribution is 7.15. The molecule has 2 unspecified atom stereocenters. The minimum absolute atomic E-state index is 0.00504. The van der Waals surface area contributed by atoms with Crippen molar-refractivity contribution in [2.75, 3.05) is 25.7 Å². The molecule has 1 amide bonds. The molecular weight excluding hydrogens is 400 g/mol. The molecule has 1 aliphatic carbocycles. The van der Waals surface area contributed by atoms with E-state index in [2.05, 4.69) is 0 Å². The van der Waals surface area contributed by atoms with Crippen molar-refractivity contribution >= 4 is 34.5 Å². The monoisotopic (exact) mass is 429 g/mol. The number of methoxy groups -OCH3 is 2. The second-order valence-electron chi connectivity index (χ2n) is 7.08. The van der Waals surface area contributed by atoms with Crippen LogP contribution in [0.15, 0.2) is 11.9 Å². The van der Waals surface area contributed by atoms with Crippen LogP contribution in [0.2, 0.25) is 0 Å². The van der Waals surface area contributed by atoms with Crippen LogP contribution in [0.1, 0.15) is 66.9 Å². The Kier molecular flexibility index (Phi) is 8.77. The quantitative estimate of drug-likeness (QED) is 0.500. The van der Waals surface area contributed by atoms with Crippen LogP contribution in [0, 0.1) is 0 Å². The van der Waals surface area contributed by atoms with Gasteiger partial charge in [-0.2, -0.15) is 0 Å². The fourth-order valence-corrected chi connectivity index (χ4v) is 4.53. The lowest BCUT2D eigenvalue weighted by atomic mass is 9.95. The van der Waals surface area contributed by atoms with Crippen molar-refractivity contribution in [1.29, 1.82) is 0 Å².